The Bertz CT molecular complexity index is 1240. The minimum absolute atomic E-state index is 0.316. The molecular formula is C29H32Cl2N4. The first kappa shape index (κ1) is 25.4. The summed E-state index contributed by atoms with van der Waals surface area (Å²) >= 11 is 13.5. The zero-order valence-corrected chi connectivity index (χ0v) is 22.2. The molecule has 0 bridgehead atoms. The molecule has 0 fully saturated rings. The van der Waals surface area contributed by atoms with E-state index in [1.54, 1.807) is 7.05 Å². The number of hydrogen-bond acceptors (Lipinski definition) is 4. The number of allylic oxidation sites excluding steroid dienone is 5. The van der Waals surface area contributed by atoms with Crippen LogP contribution < -0.4 is 5.73 Å². The summed E-state index contributed by atoms with van der Waals surface area (Å²) in [6, 6.07) is 14.3. The third kappa shape index (κ3) is 4.75. The lowest BCUT2D eigenvalue weighted by Crippen LogP contribution is -2.39. The Kier molecular flexibility index (Phi) is 7.65. The fourth-order valence-electron chi connectivity index (χ4n) is 4.97. The van der Waals surface area contributed by atoms with Crippen molar-refractivity contribution >= 4 is 40.4 Å². The zero-order chi connectivity index (χ0) is 25.2. The maximum atomic E-state index is 7.29. The largest absolute Gasteiger partial charge is 0.362 e. The Balaban J connectivity index is 1.92. The highest BCUT2D eigenvalue weighted by Crippen LogP contribution is 2.46. The standard InChI is InChI=1S/C29H32Cl2N4/c1-29(25(18-32)33-2,20-11-14-22(30)15-12-20)21-13-16-24-23(17-21)27(31)26(28(34-24)35(3)4)19-9-7-5-6-8-10-19/h5-8,11-17,27H,9-10,18,32H2,1-4H3. The van der Waals surface area contributed by atoms with Gasteiger partial charge in [-0.3, -0.25) is 4.99 Å². The molecule has 4 rings (SSSR count). The zero-order valence-electron chi connectivity index (χ0n) is 20.7. The van der Waals surface area contributed by atoms with Crippen molar-refractivity contribution in [2.24, 2.45) is 15.7 Å². The second kappa shape index (κ2) is 10.5. The van der Waals surface area contributed by atoms with E-state index < -0.39 is 5.41 Å². The summed E-state index contributed by atoms with van der Waals surface area (Å²) in [5.41, 5.74) is 13.0. The van der Waals surface area contributed by atoms with Gasteiger partial charge in [0.2, 0.25) is 0 Å². The predicted octanol–water partition coefficient (Wildman–Crippen LogP) is 6.76. The van der Waals surface area contributed by atoms with Gasteiger partial charge in [0.05, 0.1) is 16.5 Å². The van der Waals surface area contributed by atoms with Crippen LogP contribution in [0.5, 0.6) is 0 Å². The van der Waals surface area contributed by atoms with Crippen molar-refractivity contribution in [1.29, 1.82) is 0 Å². The summed E-state index contributed by atoms with van der Waals surface area (Å²) in [5.74, 6) is 0.919. The van der Waals surface area contributed by atoms with Crippen molar-refractivity contribution in [2.45, 2.75) is 30.6 Å². The fourth-order valence-corrected chi connectivity index (χ4v) is 5.53. The van der Waals surface area contributed by atoms with Gasteiger partial charge in [0.15, 0.2) is 0 Å². The van der Waals surface area contributed by atoms with Crippen molar-refractivity contribution in [2.75, 3.05) is 27.7 Å². The van der Waals surface area contributed by atoms with Gasteiger partial charge in [-0.05, 0) is 49.1 Å². The van der Waals surface area contributed by atoms with Gasteiger partial charge in [-0.2, -0.15) is 0 Å². The molecular weight excluding hydrogens is 475 g/mol. The van der Waals surface area contributed by atoms with Gasteiger partial charge >= 0.3 is 0 Å². The minimum Gasteiger partial charge on any atom is -0.362 e. The monoisotopic (exact) mass is 506 g/mol. The van der Waals surface area contributed by atoms with Gasteiger partial charge in [0.1, 0.15) is 5.84 Å². The first-order valence-corrected chi connectivity index (χ1v) is 12.6. The van der Waals surface area contributed by atoms with Crippen LogP contribution in [0.15, 0.2) is 87.9 Å². The van der Waals surface area contributed by atoms with Crippen LogP contribution in [0.1, 0.15) is 41.8 Å². The number of nitrogens with zero attached hydrogens (tertiary/aromatic N) is 3. The van der Waals surface area contributed by atoms with E-state index >= 15 is 0 Å². The molecule has 1 aliphatic carbocycles. The molecule has 0 radical (unpaired) electrons. The van der Waals surface area contributed by atoms with Crippen molar-refractivity contribution in [1.82, 2.24) is 4.90 Å². The van der Waals surface area contributed by atoms with Crippen molar-refractivity contribution < 1.29 is 0 Å². The smallest absolute Gasteiger partial charge is 0.133 e. The molecule has 2 N–H and O–H groups in total. The van der Waals surface area contributed by atoms with Crippen LogP contribution in [0.4, 0.5) is 5.69 Å². The predicted molar refractivity (Wildman–Crippen MR) is 151 cm³/mol. The molecule has 1 heterocycles. The number of benzene rings is 2. The van der Waals surface area contributed by atoms with Crippen molar-refractivity contribution in [3.8, 4) is 0 Å². The van der Waals surface area contributed by atoms with Gasteiger partial charge in [-0.25, -0.2) is 4.99 Å². The summed E-state index contributed by atoms with van der Waals surface area (Å²) in [4.78, 5) is 11.7. The van der Waals surface area contributed by atoms with Crippen LogP contribution in [0.2, 0.25) is 5.02 Å². The van der Waals surface area contributed by atoms with Crippen LogP contribution in [0.3, 0.4) is 0 Å². The second-order valence-electron chi connectivity index (χ2n) is 9.25. The van der Waals surface area contributed by atoms with Crippen molar-refractivity contribution in [3.63, 3.8) is 0 Å². The van der Waals surface area contributed by atoms with E-state index in [0.717, 1.165) is 52.3 Å². The summed E-state index contributed by atoms with van der Waals surface area (Å²) in [5, 5.41) is 0.377. The summed E-state index contributed by atoms with van der Waals surface area (Å²) < 4.78 is 0. The number of rotatable bonds is 4. The third-order valence-corrected chi connectivity index (χ3v) is 7.68. The number of alkyl halides is 1. The molecule has 1 aliphatic heterocycles. The molecule has 2 aromatic carbocycles. The van der Waals surface area contributed by atoms with Crippen LogP contribution in [0, 0.1) is 0 Å². The Morgan fingerprint density at radius 3 is 2.29 bits per heavy atom. The maximum absolute atomic E-state index is 7.29. The lowest BCUT2D eigenvalue weighted by Gasteiger charge is -2.35. The van der Waals surface area contributed by atoms with E-state index in [-0.39, 0.29) is 5.38 Å². The van der Waals surface area contributed by atoms with E-state index in [4.69, 9.17) is 33.9 Å². The van der Waals surface area contributed by atoms with Gasteiger partial charge in [0.25, 0.3) is 0 Å². The Morgan fingerprint density at radius 1 is 1.09 bits per heavy atom. The van der Waals surface area contributed by atoms with Gasteiger partial charge < -0.3 is 10.6 Å². The Hall–Kier alpha value is -2.66. The number of amidine groups is 1. The van der Waals surface area contributed by atoms with Gasteiger partial charge in [0, 0.05) is 49.6 Å². The highest BCUT2D eigenvalue weighted by Gasteiger charge is 2.36. The number of likely N-dealkylation sites (N-methyl/N-ethyl adjacent to an activating group) is 1. The van der Waals surface area contributed by atoms with Crippen LogP contribution >= 0.6 is 23.2 Å². The summed E-state index contributed by atoms with van der Waals surface area (Å²) in [6.07, 6.45) is 10.3. The number of nitrogens with two attached hydrogens (primary N) is 1. The van der Waals surface area contributed by atoms with E-state index in [1.165, 1.54) is 5.57 Å². The highest BCUT2D eigenvalue weighted by molar-refractivity contribution is 6.30. The fraction of sp³-hybridized carbons (Fsp3) is 0.310. The Morgan fingerprint density at radius 2 is 1.71 bits per heavy atom. The first-order valence-electron chi connectivity index (χ1n) is 11.8. The number of hydrogen-bond donors (Lipinski definition) is 1. The average molecular weight is 508 g/mol. The lowest BCUT2D eigenvalue weighted by molar-refractivity contribution is 0.616. The molecule has 182 valence electrons. The normalized spacial score (nSPS) is 19.7. The molecule has 4 nitrogen and oxygen atoms in total. The highest BCUT2D eigenvalue weighted by atomic mass is 35.5. The number of halogens is 2. The minimum atomic E-state index is -0.535. The molecule has 2 atom stereocenters. The number of fused-ring (bicyclic) bond motifs is 1. The van der Waals surface area contributed by atoms with E-state index in [1.807, 2.05) is 38.4 Å². The molecule has 0 aromatic heterocycles. The van der Waals surface area contributed by atoms with E-state index in [9.17, 15) is 0 Å². The van der Waals surface area contributed by atoms with Crippen molar-refractivity contribution in [3.05, 3.63) is 99.6 Å². The first-order chi connectivity index (χ1) is 16.8. The maximum Gasteiger partial charge on any atom is 0.133 e. The third-order valence-electron chi connectivity index (χ3n) is 6.98. The average Bonchev–Trinajstić information content (AvgIpc) is 3.14. The van der Waals surface area contributed by atoms with Crippen LogP contribution in [-0.2, 0) is 5.41 Å². The summed E-state index contributed by atoms with van der Waals surface area (Å²) in [6.45, 7) is 2.50. The topological polar surface area (TPSA) is 54.0 Å². The summed E-state index contributed by atoms with van der Waals surface area (Å²) in [7, 11) is 5.84. The number of aliphatic imine (C=N–C) groups is 2. The molecule has 35 heavy (non-hydrogen) atoms. The van der Waals surface area contributed by atoms with Crippen LogP contribution in [0.25, 0.3) is 0 Å². The molecule has 0 spiro atoms. The van der Waals surface area contributed by atoms with E-state index in [0.29, 0.717) is 11.6 Å². The molecule has 0 saturated carbocycles. The SMILES string of the molecule is CN=C(CN)C(C)(c1ccc(Cl)cc1)c1ccc2c(c1)C(Cl)C(=C1CC=CC=CC1)C(N(C)C)=N2. The molecule has 2 aromatic rings. The quantitative estimate of drug-likeness (QED) is 0.367. The van der Waals surface area contributed by atoms with Gasteiger partial charge in [-0.15, -0.1) is 11.6 Å². The Labute approximate surface area is 218 Å². The molecule has 2 aliphatic rings. The molecule has 0 amide bonds. The second-order valence-corrected chi connectivity index (χ2v) is 10.1. The van der Waals surface area contributed by atoms with E-state index in [2.05, 4.69) is 59.3 Å². The van der Waals surface area contributed by atoms with Gasteiger partial charge in [-0.1, -0.05) is 65.7 Å². The molecule has 2 unspecified atom stereocenters. The lowest BCUT2D eigenvalue weighted by atomic mass is 9.71. The molecule has 6 heteroatoms. The van der Waals surface area contributed by atoms with Crippen LogP contribution in [-0.4, -0.2) is 44.1 Å². The molecule has 0 saturated heterocycles.